The molecule has 0 bridgehead atoms. The van der Waals surface area contributed by atoms with Crippen molar-refractivity contribution in [1.29, 1.82) is 0 Å². The molecule has 0 radical (unpaired) electrons. The number of hydrogen-bond donors (Lipinski definition) is 3. The van der Waals surface area contributed by atoms with Gasteiger partial charge in [0, 0.05) is 0 Å². The summed E-state index contributed by atoms with van der Waals surface area (Å²) in [5, 5.41) is 0. The third-order valence-electron chi connectivity index (χ3n) is 0.619. The number of hydrogen-bond acceptors (Lipinski definition) is 8. The first-order valence-corrected chi connectivity index (χ1v) is 6.44. The molecule has 0 amide bonds. The quantitative estimate of drug-likeness (QED) is 0.440. The van der Waals surface area contributed by atoms with E-state index in [1.165, 1.54) is 0 Å². The molecule has 0 aliphatic rings. The molecule has 0 heterocycles. The molecule has 0 aromatic rings. The van der Waals surface area contributed by atoms with Crippen LogP contribution in [-0.4, -0.2) is 21.3 Å². The molecule has 68 valence electrons. The van der Waals surface area contributed by atoms with E-state index < -0.39 is 16.0 Å². The molecule has 0 saturated heterocycles. The van der Waals surface area contributed by atoms with Gasteiger partial charge in [-0.15, -0.1) is 0 Å². The second-order valence-corrected chi connectivity index (χ2v) is 5.99. The van der Waals surface area contributed by atoms with Crippen LogP contribution in [-0.2, 0) is 4.31 Å². The average molecular weight is 206 g/mol. The van der Waals surface area contributed by atoms with Crippen LogP contribution in [0, 0.1) is 9.81 Å². The van der Waals surface area contributed by atoms with Crippen LogP contribution in [0.25, 0.3) is 0 Å². The maximum atomic E-state index is 9.71. The molecule has 0 aliphatic heterocycles. The summed E-state index contributed by atoms with van der Waals surface area (Å²) in [6, 6.07) is 0. The van der Waals surface area contributed by atoms with Crippen LogP contribution >= 0.6 is 16.0 Å². The van der Waals surface area contributed by atoms with Crippen LogP contribution in [0.15, 0.2) is 9.89 Å². The third-order valence-corrected chi connectivity index (χ3v) is 3.84. The van der Waals surface area contributed by atoms with Gasteiger partial charge in [-0.05, 0) is 0 Å². The summed E-state index contributed by atoms with van der Waals surface area (Å²) < 4.78 is 3.91. The molecule has 0 aromatic heterocycles. The molecule has 0 unspecified atom stereocenters. The average Bonchev–Trinajstić information content (AvgIpc) is 1.86. The standard InChI is InChI=1S/CH8N2O6P2/c1-10(6,2-4)9-11(7,8)3-5/h6-8,10-11H,1H3. The van der Waals surface area contributed by atoms with Crippen molar-refractivity contribution in [3.8, 4) is 0 Å². The molecule has 0 atom stereocenters. The van der Waals surface area contributed by atoms with Crippen LogP contribution in [0.3, 0.4) is 0 Å². The molecule has 3 N–H and O–H groups in total. The SMILES string of the molecule is C[PH](O)(N=O)O[PH](O)(O)N=O. The van der Waals surface area contributed by atoms with Gasteiger partial charge in [0.1, 0.15) is 0 Å². The maximum absolute atomic E-state index is 9.71. The van der Waals surface area contributed by atoms with E-state index in [1.807, 2.05) is 4.95 Å². The Hall–Kier alpha value is -0.100. The van der Waals surface area contributed by atoms with E-state index in [2.05, 4.69) is 9.26 Å². The summed E-state index contributed by atoms with van der Waals surface area (Å²) in [6.45, 7) is 0.874. The second kappa shape index (κ2) is 3.53. The zero-order valence-electron chi connectivity index (χ0n) is 5.46. The fourth-order valence-electron chi connectivity index (χ4n) is 0.297. The van der Waals surface area contributed by atoms with Gasteiger partial charge in [-0.3, -0.25) is 0 Å². The van der Waals surface area contributed by atoms with Crippen molar-refractivity contribution in [2.75, 3.05) is 6.66 Å². The summed E-state index contributed by atoms with van der Waals surface area (Å²) in [7, 11) is -8.74. The van der Waals surface area contributed by atoms with Crippen molar-refractivity contribution in [3.05, 3.63) is 9.81 Å². The Bertz CT molecular complexity index is 150. The molecule has 8 nitrogen and oxygen atoms in total. The van der Waals surface area contributed by atoms with E-state index >= 15 is 0 Å². The van der Waals surface area contributed by atoms with Crippen LogP contribution in [0.5, 0.6) is 0 Å². The van der Waals surface area contributed by atoms with Gasteiger partial charge < -0.3 is 0 Å². The van der Waals surface area contributed by atoms with Gasteiger partial charge in [0.15, 0.2) is 0 Å². The van der Waals surface area contributed by atoms with Crippen molar-refractivity contribution in [2.45, 2.75) is 0 Å². The molecule has 10 heteroatoms. The van der Waals surface area contributed by atoms with Gasteiger partial charge >= 0.3 is 61.3 Å². The van der Waals surface area contributed by atoms with E-state index in [0.29, 0.717) is 0 Å². The van der Waals surface area contributed by atoms with Gasteiger partial charge in [0.2, 0.25) is 0 Å². The zero-order valence-corrected chi connectivity index (χ0v) is 7.46. The van der Waals surface area contributed by atoms with Crippen LogP contribution in [0.2, 0.25) is 0 Å². The molecular weight excluding hydrogens is 198 g/mol. The van der Waals surface area contributed by atoms with Gasteiger partial charge in [-0.1, -0.05) is 0 Å². The van der Waals surface area contributed by atoms with E-state index in [0.717, 1.165) is 6.66 Å². The van der Waals surface area contributed by atoms with E-state index in [1.54, 1.807) is 0 Å². The summed E-state index contributed by atoms with van der Waals surface area (Å²) in [5.41, 5.74) is 0. The Balaban J connectivity index is 4.23. The number of rotatable bonds is 4. The van der Waals surface area contributed by atoms with Crippen molar-refractivity contribution in [2.24, 2.45) is 9.89 Å². The minimum absolute atomic E-state index is 0.874. The van der Waals surface area contributed by atoms with Crippen LogP contribution < -0.4 is 0 Å². The predicted molar refractivity (Wildman–Crippen MR) is 41.9 cm³/mol. The molecule has 0 saturated carbocycles. The first kappa shape index (κ1) is 10.9. The van der Waals surface area contributed by atoms with Crippen LogP contribution in [0.4, 0.5) is 0 Å². The Labute approximate surface area is 62.3 Å². The van der Waals surface area contributed by atoms with Gasteiger partial charge in [0.05, 0.1) is 0 Å². The van der Waals surface area contributed by atoms with E-state index in [9.17, 15) is 9.81 Å². The Morgan fingerprint density at radius 1 is 1.18 bits per heavy atom. The Kier molecular flexibility index (Phi) is 3.50. The van der Waals surface area contributed by atoms with Gasteiger partial charge in [-0.2, -0.15) is 0 Å². The first-order chi connectivity index (χ1) is 4.83. The van der Waals surface area contributed by atoms with Crippen molar-refractivity contribution in [1.82, 2.24) is 0 Å². The number of nitrogens with zero attached hydrogens (tertiary/aromatic N) is 2. The van der Waals surface area contributed by atoms with E-state index in [-0.39, 0.29) is 0 Å². The van der Waals surface area contributed by atoms with Crippen LogP contribution in [0.1, 0.15) is 0 Å². The topological polar surface area (TPSA) is 129 Å². The van der Waals surface area contributed by atoms with Crippen molar-refractivity contribution < 1.29 is 19.0 Å². The third kappa shape index (κ3) is 4.36. The predicted octanol–water partition coefficient (Wildman–Crippen LogP) is 0.0473. The van der Waals surface area contributed by atoms with Crippen molar-refractivity contribution >= 4 is 16.0 Å². The molecule has 0 fully saturated rings. The summed E-state index contributed by atoms with van der Waals surface area (Å²) >= 11 is 0. The fourth-order valence-corrected chi connectivity index (χ4v) is 2.67. The van der Waals surface area contributed by atoms with Gasteiger partial charge in [-0.25, -0.2) is 0 Å². The first-order valence-electron chi connectivity index (χ1n) is 2.39. The molecule has 0 rings (SSSR count). The molecule has 11 heavy (non-hydrogen) atoms. The molecule has 0 aromatic carbocycles. The fraction of sp³-hybridized carbons (Fsp3) is 1.00. The summed E-state index contributed by atoms with van der Waals surface area (Å²) in [6.07, 6.45) is 0. The molecular formula is CH8N2O6P2. The minimum atomic E-state index is -4.75. The summed E-state index contributed by atoms with van der Waals surface area (Å²) in [5.74, 6) is 0. The number of nitroso groups, excluding NO2 is 2. The zero-order chi connectivity index (χ0) is 9.12. The Morgan fingerprint density at radius 3 is 1.91 bits per heavy atom. The molecule has 0 aliphatic carbocycles. The Morgan fingerprint density at radius 2 is 1.64 bits per heavy atom. The van der Waals surface area contributed by atoms with Crippen molar-refractivity contribution in [3.63, 3.8) is 0 Å². The van der Waals surface area contributed by atoms with Gasteiger partial charge in [0.25, 0.3) is 0 Å². The second-order valence-electron chi connectivity index (χ2n) is 1.79. The monoisotopic (exact) mass is 206 g/mol. The normalized spacial score (nSPS) is 15.6. The molecule has 0 spiro atoms. The van der Waals surface area contributed by atoms with E-state index in [4.69, 9.17) is 14.7 Å². The summed E-state index contributed by atoms with van der Waals surface area (Å²) in [4.78, 5) is 48.8.